The summed E-state index contributed by atoms with van der Waals surface area (Å²) in [5, 5.41) is 23.6. The number of carbonyl (C=O) groups excluding carboxylic acids is 3. The molecule has 4 atom stereocenters. The molecule has 0 aliphatic carbocycles. The summed E-state index contributed by atoms with van der Waals surface area (Å²) in [6.45, 7) is 0.370. The van der Waals surface area contributed by atoms with Crippen LogP contribution in [0.4, 0.5) is 0 Å². The number of aromatic amines is 1. The molecular formula is C21H33N9O7. The van der Waals surface area contributed by atoms with Gasteiger partial charge in [0.05, 0.1) is 18.8 Å². The third-order valence-electron chi connectivity index (χ3n) is 5.73. The number of aliphatic imine (C=N–C) groups is 1. The van der Waals surface area contributed by atoms with Crippen LogP contribution in [0.2, 0.25) is 0 Å². The zero-order chi connectivity index (χ0) is 27.5. The Bertz CT molecular complexity index is 995. The minimum atomic E-state index is -1.47. The molecule has 1 aliphatic rings. The summed E-state index contributed by atoms with van der Waals surface area (Å²) < 4.78 is 0. The van der Waals surface area contributed by atoms with Crippen molar-refractivity contribution in [1.29, 1.82) is 0 Å². The van der Waals surface area contributed by atoms with E-state index in [0.29, 0.717) is 18.5 Å². The predicted octanol–water partition coefficient (Wildman–Crippen LogP) is -3.15. The number of aromatic nitrogens is 2. The normalized spacial score (nSPS) is 17.3. The molecular weight excluding hydrogens is 490 g/mol. The highest BCUT2D eigenvalue weighted by atomic mass is 16.4. The highest BCUT2D eigenvalue weighted by Crippen LogP contribution is 2.20. The molecule has 37 heavy (non-hydrogen) atoms. The van der Waals surface area contributed by atoms with Gasteiger partial charge in [-0.1, -0.05) is 0 Å². The van der Waals surface area contributed by atoms with Gasteiger partial charge in [-0.25, -0.2) is 9.78 Å². The van der Waals surface area contributed by atoms with E-state index in [-0.39, 0.29) is 38.3 Å². The molecule has 0 aromatic carbocycles. The zero-order valence-electron chi connectivity index (χ0n) is 20.1. The Balaban J connectivity index is 2.05. The van der Waals surface area contributed by atoms with Crippen molar-refractivity contribution in [2.75, 3.05) is 13.1 Å². The largest absolute Gasteiger partial charge is 0.481 e. The number of guanidine groups is 1. The molecule has 2 rings (SSSR count). The van der Waals surface area contributed by atoms with Gasteiger partial charge >= 0.3 is 11.9 Å². The molecule has 0 radical (unpaired) electrons. The van der Waals surface area contributed by atoms with Gasteiger partial charge in [0, 0.05) is 31.4 Å². The number of nitrogens with zero attached hydrogens (tertiary/aromatic N) is 3. The summed E-state index contributed by atoms with van der Waals surface area (Å²) in [5.41, 5.74) is 16.8. The summed E-state index contributed by atoms with van der Waals surface area (Å²) in [4.78, 5) is 73.2. The van der Waals surface area contributed by atoms with E-state index < -0.39 is 60.2 Å². The Hall–Kier alpha value is -4.21. The number of amides is 3. The molecule has 1 fully saturated rings. The number of nitrogens with one attached hydrogen (secondary N) is 3. The van der Waals surface area contributed by atoms with E-state index in [0.717, 1.165) is 4.90 Å². The number of H-pyrrole nitrogens is 1. The Morgan fingerprint density at radius 3 is 2.51 bits per heavy atom. The lowest BCUT2D eigenvalue weighted by Gasteiger charge is -2.29. The average molecular weight is 524 g/mol. The van der Waals surface area contributed by atoms with E-state index in [1.54, 1.807) is 0 Å². The van der Waals surface area contributed by atoms with E-state index in [1.807, 2.05) is 0 Å². The fraction of sp³-hybridized carbons (Fsp3) is 0.571. The molecule has 11 N–H and O–H groups in total. The summed E-state index contributed by atoms with van der Waals surface area (Å²) in [7, 11) is 0. The molecule has 16 nitrogen and oxygen atoms in total. The molecule has 3 amide bonds. The van der Waals surface area contributed by atoms with Gasteiger partial charge < -0.3 is 47.9 Å². The molecule has 4 unspecified atom stereocenters. The van der Waals surface area contributed by atoms with E-state index in [1.165, 1.54) is 12.5 Å². The molecule has 1 aromatic heterocycles. The summed E-state index contributed by atoms with van der Waals surface area (Å²) in [6.07, 6.45) is 3.25. The maximum Gasteiger partial charge on any atom is 0.326 e. The summed E-state index contributed by atoms with van der Waals surface area (Å²) >= 11 is 0. The van der Waals surface area contributed by atoms with Gasteiger partial charge in [-0.15, -0.1) is 0 Å². The van der Waals surface area contributed by atoms with Crippen molar-refractivity contribution in [3.05, 3.63) is 18.2 Å². The van der Waals surface area contributed by atoms with Crippen LogP contribution in [-0.4, -0.2) is 98.0 Å². The van der Waals surface area contributed by atoms with Crippen molar-refractivity contribution in [2.45, 2.75) is 62.7 Å². The van der Waals surface area contributed by atoms with Crippen LogP contribution in [0.1, 0.15) is 37.8 Å². The zero-order valence-corrected chi connectivity index (χ0v) is 20.1. The van der Waals surface area contributed by atoms with E-state index in [2.05, 4.69) is 25.6 Å². The quantitative estimate of drug-likeness (QED) is 0.0685. The van der Waals surface area contributed by atoms with Gasteiger partial charge in [0.2, 0.25) is 17.7 Å². The molecule has 2 heterocycles. The van der Waals surface area contributed by atoms with Crippen molar-refractivity contribution in [2.24, 2.45) is 22.2 Å². The van der Waals surface area contributed by atoms with Crippen molar-refractivity contribution in [3.63, 3.8) is 0 Å². The maximum absolute atomic E-state index is 13.2. The lowest BCUT2D eigenvalue weighted by atomic mass is 10.1. The van der Waals surface area contributed by atoms with E-state index >= 15 is 0 Å². The molecule has 0 bridgehead atoms. The van der Waals surface area contributed by atoms with Gasteiger partial charge in [0.15, 0.2) is 5.96 Å². The van der Waals surface area contributed by atoms with E-state index in [9.17, 15) is 34.2 Å². The standard InChI is InChI=1S/C21H33N9O7/c22-12(3-1-5-26-21(23)24)17(33)28-13(8-16(31)32)19(35)30-6-2-4-15(30)18(34)29-14(20(36)37)7-11-9-25-10-27-11/h9-10,12-15H,1-8,22H2,(H,25,27)(H,28,33)(H,29,34)(H,31,32)(H,36,37)(H4,23,24,26). The first-order chi connectivity index (χ1) is 17.5. The minimum absolute atomic E-state index is 0.0551. The highest BCUT2D eigenvalue weighted by Gasteiger charge is 2.39. The van der Waals surface area contributed by atoms with Gasteiger partial charge in [-0.05, 0) is 25.7 Å². The van der Waals surface area contributed by atoms with Gasteiger partial charge in [-0.3, -0.25) is 24.2 Å². The Morgan fingerprint density at radius 1 is 1.19 bits per heavy atom. The van der Waals surface area contributed by atoms with Gasteiger partial charge in [0.1, 0.15) is 18.1 Å². The third kappa shape index (κ3) is 9.06. The van der Waals surface area contributed by atoms with Crippen molar-refractivity contribution in [3.8, 4) is 0 Å². The van der Waals surface area contributed by atoms with Crippen LogP contribution in [0.15, 0.2) is 17.5 Å². The molecule has 0 spiro atoms. The van der Waals surface area contributed by atoms with Crippen molar-refractivity contribution in [1.82, 2.24) is 25.5 Å². The van der Waals surface area contributed by atoms with Crippen molar-refractivity contribution < 1.29 is 34.2 Å². The van der Waals surface area contributed by atoms with Crippen LogP contribution in [0.3, 0.4) is 0 Å². The van der Waals surface area contributed by atoms with E-state index in [4.69, 9.17) is 17.2 Å². The predicted molar refractivity (Wildman–Crippen MR) is 129 cm³/mol. The number of hydrogen-bond donors (Lipinski definition) is 8. The lowest BCUT2D eigenvalue weighted by Crippen LogP contribution is -2.57. The van der Waals surface area contributed by atoms with Crippen LogP contribution in [0, 0.1) is 0 Å². The smallest absolute Gasteiger partial charge is 0.326 e. The number of carboxylic acid groups (broad SMARTS) is 2. The Labute approximate surface area is 212 Å². The van der Waals surface area contributed by atoms with Gasteiger partial charge in [0.25, 0.3) is 0 Å². The van der Waals surface area contributed by atoms with Crippen LogP contribution in [-0.2, 0) is 30.4 Å². The number of nitrogens with two attached hydrogens (primary N) is 3. The minimum Gasteiger partial charge on any atom is -0.481 e. The maximum atomic E-state index is 13.2. The third-order valence-corrected chi connectivity index (χ3v) is 5.73. The first kappa shape index (κ1) is 29.0. The van der Waals surface area contributed by atoms with Crippen LogP contribution in [0.25, 0.3) is 0 Å². The fourth-order valence-corrected chi connectivity index (χ4v) is 3.89. The second kappa shape index (κ2) is 13.8. The molecule has 16 heteroatoms. The highest BCUT2D eigenvalue weighted by molar-refractivity contribution is 5.96. The number of rotatable bonds is 14. The average Bonchev–Trinajstić information content (AvgIpc) is 3.52. The first-order valence-electron chi connectivity index (χ1n) is 11.6. The van der Waals surface area contributed by atoms with Crippen LogP contribution in [0.5, 0.6) is 0 Å². The molecule has 1 aromatic rings. The number of likely N-dealkylation sites (tertiary alicyclic amines) is 1. The van der Waals surface area contributed by atoms with Crippen LogP contribution >= 0.6 is 0 Å². The lowest BCUT2D eigenvalue weighted by molar-refractivity contribution is -0.147. The second-order valence-electron chi connectivity index (χ2n) is 8.58. The second-order valence-corrected chi connectivity index (χ2v) is 8.58. The number of hydrogen-bond acceptors (Lipinski definition) is 8. The Kier molecular flexibility index (Phi) is 10.8. The number of aliphatic carboxylic acids is 2. The molecule has 1 saturated heterocycles. The fourth-order valence-electron chi connectivity index (χ4n) is 3.89. The van der Waals surface area contributed by atoms with Gasteiger partial charge in [-0.2, -0.15) is 0 Å². The molecule has 204 valence electrons. The number of carboxylic acids is 2. The SMILES string of the molecule is NC(N)=NCCCC(N)C(=O)NC(CC(=O)O)C(=O)N1CCCC1C(=O)NC(Cc1cnc[nH]1)C(=O)O. The monoisotopic (exact) mass is 523 g/mol. The number of carbonyl (C=O) groups is 5. The Morgan fingerprint density at radius 2 is 1.92 bits per heavy atom. The molecule has 1 aliphatic heterocycles. The molecule has 0 saturated carbocycles. The number of imidazole rings is 1. The van der Waals surface area contributed by atoms with Crippen molar-refractivity contribution >= 4 is 35.6 Å². The summed E-state index contributed by atoms with van der Waals surface area (Å²) in [6, 6.07) is -4.83. The topological polar surface area (TPSA) is 272 Å². The first-order valence-corrected chi connectivity index (χ1v) is 11.6. The van der Waals surface area contributed by atoms with Crippen LogP contribution < -0.4 is 27.8 Å². The summed E-state index contributed by atoms with van der Waals surface area (Å²) in [5.74, 6) is -4.94.